The van der Waals surface area contributed by atoms with Crippen molar-refractivity contribution in [1.82, 2.24) is 4.98 Å². The van der Waals surface area contributed by atoms with Gasteiger partial charge in [-0.2, -0.15) is 0 Å². The van der Waals surface area contributed by atoms with Gasteiger partial charge < -0.3 is 5.11 Å². The molecule has 1 unspecified atom stereocenters. The molecule has 0 saturated heterocycles. The molecule has 18 heavy (non-hydrogen) atoms. The molecule has 2 nitrogen and oxygen atoms in total. The molecule has 0 saturated carbocycles. The fourth-order valence-electron chi connectivity index (χ4n) is 1.83. The molecular formula is C14H16ClNOS. The Labute approximate surface area is 116 Å². The Morgan fingerprint density at radius 3 is 2.67 bits per heavy atom. The summed E-state index contributed by atoms with van der Waals surface area (Å²) in [5, 5.41) is 11.9. The molecule has 1 N–H and O–H groups in total. The zero-order valence-electron chi connectivity index (χ0n) is 10.7. The van der Waals surface area contributed by atoms with Crippen LogP contribution in [0.4, 0.5) is 0 Å². The first-order valence-electron chi connectivity index (χ1n) is 5.85. The number of aryl methyl sites for hydroxylation is 3. The number of aliphatic hydroxyl groups is 1. The molecule has 0 spiro atoms. The average Bonchev–Trinajstić information content (AvgIpc) is 2.61. The lowest BCUT2D eigenvalue weighted by Crippen LogP contribution is -2.03. The number of nitrogens with zero attached hydrogens (tertiary/aromatic N) is 1. The summed E-state index contributed by atoms with van der Waals surface area (Å²) in [5.74, 6) is 0. The lowest BCUT2D eigenvalue weighted by molar-refractivity contribution is 0.178. The molecule has 1 aromatic heterocycles. The van der Waals surface area contributed by atoms with E-state index in [4.69, 9.17) is 11.6 Å². The zero-order valence-corrected chi connectivity index (χ0v) is 12.3. The minimum atomic E-state index is -0.595. The Morgan fingerprint density at radius 1 is 1.33 bits per heavy atom. The molecule has 0 fully saturated rings. The van der Waals surface area contributed by atoms with Gasteiger partial charge in [0.1, 0.15) is 0 Å². The van der Waals surface area contributed by atoms with Gasteiger partial charge in [-0.3, -0.25) is 0 Å². The van der Waals surface area contributed by atoms with Gasteiger partial charge in [0.25, 0.3) is 0 Å². The van der Waals surface area contributed by atoms with Gasteiger partial charge in [-0.05, 0) is 31.9 Å². The van der Waals surface area contributed by atoms with E-state index in [-0.39, 0.29) is 0 Å². The number of hydrogen-bond donors (Lipinski definition) is 1. The highest BCUT2D eigenvalue weighted by Gasteiger charge is 2.15. The Kier molecular flexibility index (Phi) is 4.05. The second-order valence-corrected chi connectivity index (χ2v) is 6.11. The highest BCUT2D eigenvalue weighted by molar-refractivity contribution is 7.11. The summed E-state index contributed by atoms with van der Waals surface area (Å²) in [7, 11) is 0. The molecule has 4 heteroatoms. The molecule has 96 valence electrons. The molecule has 0 amide bonds. The minimum absolute atomic E-state index is 0.516. The quantitative estimate of drug-likeness (QED) is 0.922. The van der Waals surface area contributed by atoms with Gasteiger partial charge in [0.2, 0.25) is 0 Å². The topological polar surface area (TPSA) is 33.1 Å². The van der Waals surface area contributed by atoms with Crippen molar-refractivity contribution in [3.05, 3.63) is 49.9 Å². The van der Waals surface area contributed by atoms with Crippen LogP contribution in [-0.2, 0) is 6.42 Å². The molecular weight excluding hydrogens is 266 g/mol. The van der Waals surface area contributed by atoms with Gasteiger partial charge in [-0.15, -0.1) is 11.3 Å². The van der Waals surface area contributed by atoms with E-state index in [1.54, 1.807) is 11.3 Å². The summed E-state index contributed by atoms with van der Waals surface area (Å²) in [5.41, 5.74) is 2.81. The average molecular weight is 282 g/mol. The molecule has 0 aliphatic carbocycles. The third-order valence-corrected chi connectivity index (χ3v) is 4.63. The third-order valence-electron chi connectivity index (χ3n) is 3.02. The van der Waals surface area contributed by atoms with Gasteiger partial charge in [0.05, 0.1) is 16.8 Å². The lowest BCUT2D eigenvalue weighted by Gasteiger charge is -2.12. The fourth-order valence-corrected chi connectivity index (χ4v) is 3.05. The molecule has 0 radical (unpaired) electrons. The van der Waals surface area contributed by atoms with Crippen LogP contribution in [0.3, 0.4) is 0 Å². The van der Waals surface area contributed by atoms with Gasteiger partial charge >= 0.3 is 0 Å². The van der Waals surface area contributed by atoms with Crippen molar-refractivity contribution < 1.29 is 5.11 Å². The van der Waals surface area contributed by atoms with Crippen molar-refractivity contribution in [1.29, 1.82) is 0 Å². The standard InChI is InChI=1S/C14H16ClNOS/c1-8-5-4-6-11(14(8)15)12(17)7-13-16-9(2)10(3)18-13/h4-6,12,17H,7H2,1-3H3. The van der Waals surface area contributed by atoms with Gasteiger partial charge in [0, 0.05) is 16.3 Å². The van der Waals surface area contributed by atoms with Gasteiger partial charge in [-0.1, -0.05) is 29.8 Å². The van der Waals surface area contributed by atoms with Crippen molar-refractivity contribution in [2.45, 2.75) is 33.3 Å². The number of thiazole rings is 1. The van der Waals surface area contributed by atoms with Crippen LogP contribution in [0.5, 0.6) is 0 Å². The van der Waals surface area contributed by atoms with Crippen molar-refractivity contribution in [3.8, 4) is 0 Å². The highest BCUT2D eigenvalue weighted by atomic mass is 35.5. The Balaban J connectivity index is 2.21. The highest BCUT2D eigenvalue weighted by Crippen LogP contribution is 2.29. The van der Waals surface area contributed by atoms with Crippen molar-refractivity contribution in [2.24, 2.45) is 0 Å². The summed E-state index contributed by atoms with van der Waals surface area (Å²) >= 11 is 7.85. The first-order valence-corrected chi connectivity index (χ1v) is 7.04. The molecule has 2 aromatic rings. The van der Waals surface area contributed by atoms with Crippen LogP contribution in [0.2, 0.25) is 5.02 Å². The summed E-state index contributed by atoms with van der Waals surface area (Å²) < 4.78 is 0. The van der Waals surface area contributed by atoms with Crippen LogP contribution in [0.15, 0.2) is 18.2 Å². The third kappa shape index (κ3) is 2.74. The number of aromatic nitrogens is 1. The zero-order chi connectivity index (χ0) is 13.3. The van der Waals surface area contributed by atoms with E-state index < -0.39 is 6.10 Å². The fraction of sp³-hybridized carbons (Fsp3) is 0.357. The smallest absolute Gasteiger partial charge is 0.0960 e. The summed E-state index contributed by atoms with van der Waals surface area (Å²) in [4.78, 5) is 5.64. The molecule has 0 aliphatic rings. The van der Waals surface area contributed by atoms with E-state index in [1.165, 1.54) is 4.88 Å². The first kappa shape index (κ1) is 13.5. The first-order chi connectivity index (χ1) is 8.49. The van der Waals surface area contributed by atoms with Crippen LogP contribution >= 0.6 is 22.9 Å². The SMILES string of the molecule is Cc1cccc(C(O)Cc2nc(C)c(C)s2)c1Cl. The number of hydrogen-bond acceptors (Lipinski definition) is 3. The molecule has 2 rings (SSSR count). The Hall–Kier alpha value is -0.900. The van der Waals surface area contributed by atoms with Crippen LogP contribution in [0, 0.1) is 20.8 Å². The van der Waals surface area contributed by atoms with Crippen molar-refractivity contribution in [2.75, 3.05) is 0 Å². The molecule has 1 heterocycles. The summed E-state index contributed by atoms with van der Waals surface area (Å²) in [6.45, 7) is 5.97. The summed E-state index contributed by atoms with van der Waals surface area (Å²) in [6, 6.07) is 5.72. The lowest BCUT2D eigenvalue weighted by atomic mass is 10.0. The predicted octanol–water partition coefficient (Wildman–Crippen LogP) is 4.00. The van der Waals surface area contributed by atoms with Crippen LogP contribution in [-0.4, -0.2) is 10.1 Å². The van der Waals surface area contributed by atoms with Crippen molar-refractivity contribution >= 4 is 22.9 Å². The Morgan fingerprint density at radius 2 is 2.06 bits per heavy atom. The Bertz CT molecular complexity index is 545. The van der Waals surface area contributed by atoms with E-state index in [2.05, 4.69) is 4.98 Å². The van der Waals surface area contributed by atoms with E-state index in [0.717, 1.165) is 21.8 Å². The van der Waals surface area contributed by atoms with Gasteiger partial charge in [0.15, 0.2) is 0 Å². The van der Waals surface area contributed by atoms with Crippen LogP contribution in [0.25, 0.3) is 0 Å². The molecule has 1 atom stereocenters. The molecule has 0 bridgehead atoms. The maximum Gasteiger partial charge on any atom is 0.0960 e. The maximum atomic E-state index is 10.3. The molecule has 1 aromatic carbocycles. The van der Waals surface area contributed by atoms with E-state index in [1.807, 2.05) is 39.0 Å². The normalized spacial score (nSPS) is 12.7. The van der Waals surface area contributed by atoms with Gasteiger partial charge in [-0.25, -0.2) is 4.98 Å². The van der Waals surface area contributed by atoms with Crippen molar-refractivity contribution in [3.63, 3.8) is 0 Å². The minimum Gasteiger partial charge on any atom is -0.388 e. The number of benzene rings is 1. The maximum absolute atomic E-state index is 10.3. The molecule has 0 aliphatic heterocycles. The van der Waals surface area contributed by atoms with E-state index >= 15 is 0 Å². The largest absolute Gasteiger partial charge is 0.388 e. The summed E-state index contributed by atoms with van der Waals surface area (Å²) in [6.07, 6.45) is -0.0787. The predicted molar refractivity (Wildman–Crippen MR) is 76.4 cm³/mol. The van der Waals surface area contributed by atoms with Crippen LogP contribution in [0.1, 0.15) is 32.8 Å². The number of rotatable bonds is 3. The second kappa shape index (κ2) is 5.39. The van der Waals surface area contributed by atoms with E-state index in [0.29, 0.717) is 11.4 Å². The van der Waals surface area contributed by atoms with Crippen LogP contribution < -0.4 is 0 Å². The second-order valence-electron chi connectivity index (χ2n) is 4.45. The van der Waals surface area contributed by atoms with E-state index in [9.17, 15) is 5.11 Å². The monoisotopic (exact) mass is 281 g/mol. The number of halogens is 1. The number of aliphatic hydroxyl groups excluding tert-OH is 1.